The third-order valence-corrected chi connectivity index (χ3v) is 5.95. The molecular formula is C25H22BrNO4. The number of fused-ring (bicyclic) bond motifs is 3. The normalized spacial score (nSPS) is 13.2. The van der Waals surface area contributed by atoms with E-state index in [1.807, 2.05) is 48.5 Å². The van der Waals surface area contributed by atoms with Crippen LogP contribution in [0.15, 0.2) is 77.3 Å². The van der Waals surface area contributed by atoms with E-state index in [1.54, 1.807) is 0 Å². The minimum absolute atomic E-state index is 0.0406. The molecule has 5 nitrogen and oxygen atoms in total. The number of alkyl carbamates (subject to hydrolysis) is 1. The van der Waals surface area contributed by atoms with E-state index in [-0.39, 0.29) is 18.9 Å². The van der Waals surface area contributed by atoms with Crippen LogP contribution in [0.4, 0.5) is 4.79 Å². The maximum absolute atomic E-state index is 12.5. The predicted octanol–water partition coefficient (Wildman–Crippen LogP) is 5.37. The number of halogens is 1. The summed E-state index contributed by atoms with van der Waals surface area (Å²) >= 11 is 3.41. The summed E-state index contributed by atoms with van der Waals surface area (Å²) in [5.74, 6) is -1.01. The number of carbonyl (C=O) groups excluding carboxylic acids is 1. The third kappa shape index (κ3) is 4.97. The number of hydrogen-bond acceptors (Lipinski definition) is 3. The number of carboxylic acids is 1. The van der Waals surface area contributed by atoms with Crippen LogP contribution in [0.1, 0.15) is 29.0 Å². The molecule has 1 amide bonds. The first-order valence-corrected chi connectivity index (χ1v) is 10.9. The van der Waals surface area contributed by atoms with Crippen LogP contribution in [0.2, 0.25) is 0 Å². The lowest BCUT2D eigenvalue weighted by molar-refractivity contribution is -0.137. The zero-order valence-electron chi connectivity index (χ0n) is 16.8. The number of benzene rings is 3. The van der Waals surface area contributed by atoms with E-state index >= 15 is 0 Å². The van der Waals surface area contributed by atoms with Crippen molar-refractivity contribution in [2.75, 3.05) is 6.61 Å². The molecule has 1 atom stereocenters. The summed E-state index contributed by atoms with van der Waals surface area (Å²) in [4.78, 5) is 23.8. The molecule has 2 N–H and O–H groups in total. The van der Waals surface area contributed by atoms with Crippen LogP contribution in [-0.4, -0.2) is 29.8 Å². The van der Waals surface area contributed by atoms with Gasteiger partial charge < -0.3 is 15.2 Å². The van der Waals surface area contributed by atoms with Gasteiger partial charge in [-0.25, -0.2) is 4.79 Å². The summed E-state index contributed by atoms with van der Waals surface area (Å²) in [5.41, 5.74) is 5.51. The highest BCUT2D eigenvalue weighted by atomic mass is 79.9. The molecule has 158 valence electrons. The Morgan fingerprint density at radius 1 is 0.968 bits per heavy atom. The van der Waals surface area contributed by atoms with Crippen molar-refractivity contribution >= 4 is 28.0 Å². The van der Waals surface area contributed by atoms with E-state index in [4.69, 9.17) is 4.74 Å². The molecular weight excluding hydrogens is 458 g/mol. The second kappa shape index (κ2) is 9.35. The van der Waals surface area contributed by atoms with Gasteiger partial charge in [-0.2, -0.15) is 0 Å². The van der Waals surface area contributed by atoms with E-state index in [1.165, 1.54) is 0 Å². The van der Waals surface area contributed by atoms with Gasteiger partial charge in [-0.15, -0.1) is 0 Å². The highest BCUT2D eigenvalue weighted by Crippen LogP contribution is 2.44. The van der Waals surface area contributed by atoms with E-state index in [0.717, 1.165) is 32.3 Å². The zero-order chi connectivity index (χ0) is 21.8. The maximum atomic E-state index is 12.5. The Morgan fingerprint density at radius 3 is 2.23 bits per heavy atom. The van der Waals surface area contributed by atoms with Crippen LogP contribution < -0.4 is 5.32 Å². The lowest BCUT2D eigenvalue weighted by atomic mass is 9.98. The van der Waals surface area contributed by atoms with Gasteiger partial charge in [0.2, 0.25) is 0 Å². The highest BCUT2D eigenvalue weighted by molar-refractivity contribution is 9.10. The average Bonchev–Trinajstić information content (AvgIpc) is 3.06. The number of ether oxygens (including phenoxy) is 1. The zero-order valence-corrected chi connectivity index (χ0v) is 18.3. The Hall–Kier alpha value is -3.12. The summed E-state index contributed by atoms with van der Waals surface area (Å²) in [6.07, 6.45) is -0.393. The first-order chi connectivity index (χ1) is 15.0. The Bertz CT molecular complexity index is 1070. The second-order valence-corrected chi connectivity index (χ2v) is 8.51. The molecule has 3 aromatic carbocycles. The monoisotopic (exact) mass is 479 g/mol. The van der Waals surface area contributed by atoms with E-state index in [0.29, 0.717) is 6.42 Å². The van der Waals surface area contributed by atoms with Crippen molar-refractivity contribution in [2.45, 2.75) is 24.8 Å². The molecule has 0 saturated carbocycles. The van der Waals surface area contributed by atoms with Crippen LogP contribution in [0.3, 0.4) is 0 Å². The largest absolute Gasteiger partial charge is 0.481 e. The molecule has 0 aromatic heterocycles. The molecule has 3 aromatic rings. The molecule has 1 aliphatic rings. The number of carbonyl (C=O) groups is 2. The topological polar surface area (TPSA) is 75.6 Å². The van der Waals surface area contributed by atoms with Gasteiger partial charge in [0.05, 0.1) is 6.42 Å². The molecule has 1 unspecified atom stereocenters. The molecule has 0 aliphatic heterocycles. The number of nitrogens with one attached hydrogen (secondary N) is 1. The fraction of sp³-hybridized carbons (Fsp3) is 0.200. The Labute approximate surface area is 189 Å². The standard InChI is InChI=1S/C25H22BrNO4/c26-17-7-5-6-16(12-17)13-18(14-24(28)29)27-25(30)31-15-23-21-10-3-1-8-19(21)20-9-2-4-11-22(20)23/h1-12,18,23H,13-15H2,(H,27,30)(H,28,29). The number of amides is 1. The van der Waals surface area contributed by atoms with Crippen LogP contribution in [0.5, 0.6) is 0 Å². The fourth-order valence-corrected chi connectivity index (χ4v) is 4.59. The summed E-state index contributed by atoms with van der Waals surface area (Å²) in [6, 6.07) is 23.3. The Balaban J connectivity index is 1.43. The van der Waals surface area contributed by atoms with Crippen LogP contribution in [-0.2, 0) is 16.0 Å². The molecule has 0 spiro atoms. The van der Waals surface area contributed by atoms with E-state index < -0.39 is 18.1 Å². The summed E-state index contributed by atoms with van der Waals surface area (Å²) in [6.45, 7) is 0.191. The van der Waals surface area contributed by atoms with Gasteiger partial charge in [0, 0.05) is 16.4 Å². The fourth-order valence-electron chi connectivity index (χ4n) is 4.14. The molecule has 0 bridgehead atoms. The molecule has 0 fully saturated rings. The lowest BCUT2D eigenvalue weighted by Gasteiger charge is -2.19. The summed E-state index contributed by atoms with van der Waals surface area (Å²) in [5, 5.41) is 12.0. The van der Waals surface area contributed by atoms with Gasteiger partial charge in [-0.3, -0.25) is 4.79 Å². The SMILES string of the molecule is O=C(O)CC(Cc1cccc(Br)c1)NC(=O)OCC1c2ccccc2-c2ccccc21. The molecule has 6 heteroatoms. The molecule has 0 heterocycles. The smallest absolute Gasteiger partial charge is 0.407 e. The van der Waals surface area contributed by atoms with Gasteiger partial charge in [0.25, 0.3) is 0 Å². The first-order valence-electron chi connectivity index (χ1n) is 10.1. The highest BCUT2D eigenvalue weighted by Gasteiger charge is 2.29. The minimum atomic E-state index is -0.973. The second-order valence-electron chi connectivity index (χ2n) is 7.60. The molecule has 4 rings (SSSR count). The van der Waals surface area contributed by atoms with Gasteiger partial charge in [0.15, 0.2) is 0 Å². The van der Waals surface area contributed by atoms with Crippen molar-refractivity contribution < 1.29 is 19.4 Å². The third-order valence-electron chi connectivity index (χ3n) is 5.46. The molecule has 0 saturated heterocycles. The molecule has 31 heavy (non-hydrogen) atoms. The van der Waals surface area contributed by atoms with Crippen LogP contribution >= 0.6 is 15.9 Å². The van der Waals surface area contributed by atoms with Crippen LogP contribution in [0, 0.1) is 0 Å². The van der Waals surface area contributed by atoms with E-state index in [2.05, 4.69) is 45.5 Å². The number of rotatable bonds is 7. The summed E-state index contributed by atoms with van der Waals surface area (Å²) in [7, 11) is 0. The van der Waals surface area contributed by atoms with Crippen molar-refractivity contribution in [3.63, 3.8) is 0 Å². The van der Waals surface area contributed by atoms with Gasteiger partial charge in [-0.05, 0) is 46.4 Å². The quantitative estimate of drug-likeness (QED) is 0.477. The average molecular weight is 480 g/mol. The predicted molar refractivity (Wildman–Crippen MR) is 122 cm³/mol. The van der Waals surface area contributed by atoms with Gasteiger partial charge in [-0.1, -0.05) is 76.6 Å². The van der Waals surface area contributed by atoms with Crippen molar-refractivity contribution in [1.29, 1.82) is 0 Å². The van der Waals surface area contributed by atoms with E-state index in [9.17, 15) is 14.7 Å². The number of carboxylic acid groups (broad SMARTS) is 1. The number of hydrogen-bond donors (Lipinski definition) is 2. The minimum Gasteiger partial charge on any atom is -0.481 e. The molecule has 1 aliphatic carbocycles. The van der Waals surface area contributed by atoms with Crippen molar-refractivity contribution in [1.82, 2.24) is 5.32 Å². The van der Waals surface area contributed by atoms with Crippen molar-refractivity contribution in [3.05, 3.63) is 94.0 Å². The van der Waals surface area contributed by atoms with Crippen molar-refractivity contribution in [3.8, 4) is 11.1 Å². The van der Waals surface area contributed by atoms with Gasteiger partial charge in [0.1, 0.15) is 6.61 Å². The summed E-state index contributed by atoms with van der Waals surface area (Å²) < 4.78 is 6.46. The Kier molecular flexibility index (Phi) is 6.37. The first kappa shape index (κ1) is 21.1. The molecule has 0 radical (unpaired) electrons. The maximum Gasteiger partial charge on any atom is 0.407 e. The Morgan fingerprint density at radius 2 is 1.61 bits per heavy atom. The number of aliphatic carboxylic acids is 1. The van der Waals surface area contributed by atoms with Crippen molar-refractivity contribution in [2.24, 2.45) is 0 Å². The van der Waals surface area contributed by atoms with Crippen LogP contribution in [0.25, 0.3) is 11.1 Å². The van der Waals surface area contributed by atoms with Gasteiger partial charge >= 0.3 is 12.1 Å². The lowest BCUT2D eigenvalue weighted by Crippen LogP contribution is -2.39.